The third-order valence-electron chi connectivity index (χ3n) is 6.65. The Bertz CT molecular complexity index is 653. The van der Waals surface area contributed by atoms with Gasteiger partial charge in [-0.3, -0.25) is 0 Å². The summed E-state index contributed by atoms with van der Waals surface area (Å²) in [5.41, 5.74) is 2.99. The highest BCUT2D eigenvalue weighted by Crippen LogP contribution is 2.26. The number of hydrogen-bond donors (Lipinski definition) is 0. The number of rotatable bonds is 6. The second kappa shape index (κ2) is 9.52. The molecule has 0 spiro atoms. The lowest BCUT2D eigenvalue weighted by Crippen LogP contribution is -2.48. The van der Waals surface area contributed by atoms with Crippen molar-refractivity contribution in [3.05, 3.63) is 71.8 Å². The van der Waals surface area contributed by atoms with E-state index in [0.717, 1.165) is 12.0 Å². The van der Waals surface area contributed by atoms with Crippen LogP contribution in [0.1, 0.15) is 36.8 Å². The van der Waals surface area contributed by atoms with E-state index in [9.17, 15) is 0 Å². The van der Waals surface area contributed by atoms with Gasteiger partial charge in [0.1, 0.15) is 0 Å². The van der Waals surface area contributed by atoms with E-state index in [1.807, 2.05) is 0 Å². The van der Waals surface area contributed by atoms with Crippen LogP contribution in [0.3, 0.4) is 0 Å². The molecule has 144 valence electrons. The molecular weight excluding hydrogens is 328 g/mol. The molecule has 2 saturated heterocycles. The Balaban J connectivity index is 1.16. The predicted molar refractivity (Wildman–Crippen MR) is 114 cm³/mol. The molecule has 2 fully saturated rings. The molecule has 0 aliphatic carbocycles. The van der Waals surface area contributed by atoms with Crippen LogP contribution in [-0.2, 0) is 12.8 Å². The third-order valence-corrected chi connectivity index (χ3v) is 6.65. The first-order valence-electron chi connectivity index (χ1n) is 10.9. The fourth-order valence-electron chi connectivity index (χ4n) is 4.91. The van der Waals surface area contributed by atoms with Gasteiger partial charge in [0.2, 0.25) is 0 Å². The van der Waals surface area contributed by atoms with Crippen molar-refractivity contribution < 1.29 is 0 Å². The van der Waals surface area contributed by atoms with Crippen molar-refractivity contribution in [2.75, 3.05) is 32.7 Å². The summed E-state index contributed by atoms with van der Waals surface area (Å²) in [6.07, 6.45) is 7.94. The lowest BCUT2D eigenvalue weighted by molar-refractivity contribution is 0.0781. The Hall–Kier alpha value is -1.64. The fraction of sp³-hybridized carbons (Fsp3) is 0.520. The Labute approximate surface area is 165 Å². The molecule has 2 aliphatic heterocycles. The molecule has 27 heavy (non-hydrogen) atoms. The summed E-state index contributed by atoms with van der Waals surface area (Å²) in [6.45, 7) is 6.40. The Kier molecular flexibility index (Phi) is 6.60. The summed E-state index contributed by atoms with van der Waals surface area (Å²) in [5, 5.41) is 0. The number of nitrogens with zero attached hydrogens (tertiary/aromatic N) is 2. The Morgan fingerprint density at radius 1 is 0.667 bits per heavy atom. The average Bonchev–Trinajstić information content (AvgIpc) is 2.75. The summed E-state index contributed by atoms with van der Waals surface area (Å²) in [5.74, 6) is 0.884. The van der Waals surface area contributed by atoms with E-state index in [1.165, 1.54) is 82.4 Å². The molecule has 2 heterocycles. The molecule has 0 unspecified atom stereocenters. The molecule has 4 rings (SSSR count). The van der Waals surface area contributed by atoms with Gasteiger partial charge in [0.25, 0.3) is 0 Å². The smallest absolute Gasteiger partial charge is 0.0120 e. The molecule has 0 amide bonds. The summed E-state index contributed by atoms with van der Waals surface area (Å²) < 4.78 is 0. The van der Waals surface area contributed by atoms with Gasteiger partial charge in [-0.15, -0.1) is 0 Å². The first-order chi connectivity index (χ1) is 13.4. The number of hydrogen-bond acceptors (Lipinski definition) is 2. The summed E-state index contributed by atoms with van der Waals surface area (Å²) in [7, 11) is 0. The molecule has 0 aromatic heterocycles. The standard InChI is InChI=1S/C25H34N2/c1-3-7-22(8-4-1)11-16-26-17-14-25(15-18-26)27-19-12-24(13-20-27)21-23-9-5-2-6-10-23/h1-10,24-25H,11-21H2. The van der Waals surface area contributed by atoms with Crippen LogP contribution in [0.25, 0.3) is 0 Å². The van der Waals surface area contributed by atoms with Gasteiger partial charge in [0.05, 0.1) is 0 Å². The first-order valence-corrected chi connectivity index (χ1v) is 10.9. The molecular formula is C25H34N2. The van der Waals surface area contributed by atoms with E-state index in [-0.39, 0.29) is 0 Å². The monoisotopic (exact) mass is 362 g/mol. The Morgan fingerprint density at radius 3 is 1.89 bits per heavy atom. The zero-order valence-corrected chi connectivity index (χ0v) is 16.6. The minimum absolute atomic E-state index is 0.829. The van der Waals surface area contributed by atoms with E-state index in [2.05, 4.69) is 70.5 Å². The van der Waals surface area contributed by atoms with Crippen molar-refractivity contribution >= 4 is 0 Å². The van der Waals surface area contributed by atoms with Gasteiger partial charge in [0.15, 0.2) is 0 Å². The maximum Gasteiger partial charge on any atom is 0.0120 e. The van der Waals surface area contributed by atoms with Gasteiger partial charge in [-0.1, -0.05) is 60.7 Å². The van der Waals surface area contributed by atoms with Crippen LogP contribution < -0.4 is 0 Å². The number of piperidine rings is 2. The number of benzene rings is 2. The second-order valence-corrected chi connectivity index (χ2v) is 8.48. The van der Waals surface area contributed by atoms with Crippen LogP contribution in [0.2, 0.25) is 0 Å². The summed E-state index contributed by atoms with van der Waals surface area (Å²) >= 11 is 0. The van der Waals surface area contributed by atoms with Crippen LogP contribution in [-0.4, -0.2) is 48.6 Å². The molecule has 0 N–H and O–H groups in total. The highest BCUT2D eigenvalue weighted by Gasteiger charge is 2.28. The molecule has 2 heteroatoms. The lowest BCUT2D eigenvalue weighted by atomic mass is 9.88. The largest absolute Gasteiger partial charge is 0.303 e. The first kappa shape index (κ1) is 18.7. The third kappa shape index (κ3) is 5.43. The van der Waals surface area contributed by atoms with Crippen LogP contribution in [0, 0.1) is 5.92 Å². The number of likely N-dealkylation sites (tertiary alicyclic amines) is 2. The summed E-state index contributed by atoms with van der Waals surface area (Å²) in [6, 6.07) is 22.8. The van der Waals surface area contributed by atoms with Gasteiger partial charge >= 0.3 is 0 Å². The van der Waals surface area contributed by atoms with Crippen molar-refractivity contribution in [3.8, 4) is 0 Å². The molecule has 0 bridgehead atoms. The van der Waals surface area contributed by atoms with Crippen LogP contribution in [0.15, 0.2) is 60.7 Å². The van der Waals surface area contributed by atoms with Gasteiger partial charge in [0, 0.05) is 12.6 Å². The molecule has 0 atom stereocenters. The van der Waals surface area contributed by atoms with Gasteiger partial charge in [-0.2, -0.15) is 0 Å². The van der Waals surface area contributed by atoms with E-state index in [4.69, 9.17) is 0 Å². The van der Waals surface area contributed by atoms with Gasteiger partial charge in [-0.25, -0.2) is 0 Å². The van der Waals surface area contributed by atoms with Crippen molar-refractivity contribution in [2.45, 2.75) is 44.6 Å². The molecule has 2 nitrogen and oxygen atoms in total. The normalized spacial score (nSPS) is 20.7. The van der Waals surface area contributed by atoms with Crippen molar-refractivity contribution in [1.29, 1.82) is 0 Å². The SMILES string of the molecule is c1ccc(CCN2CCC(N3CCC(Cc4ccccc4)CC3)CC2)cc1. The topological polar surface area (TPSA) is 6.48 Å². The van der Waals surface area contributed by atoms with Gasteiger partial charge < -0.3 is 9.80 Å². The highest BCUT2D eigenvalue weighted by molar-refractivity contribution is 5.16. The predicted octanol–water partition coefficient (Wildman–Crippen LogP) is 4.65. The quantitative estimate of drug-likeness (QED) is 0.738. The van der Waals surface area contributed by atoms with E-state index in [0.29, 0.717) is 0 Å². The maximum absolute atomic E-state index is 2.80. The summed E-state index contributed by atoms with van der Waals surface area (Å²) in [4.78, 5) is 5.47. The minimum atomic E-state index is 0.829. The molecule has 2 aliphatic rings. The van der Waals surface area contributed by atoms with E-state index >= 15 is 0 Å². The highest BCUT2D eigenvalue weighted by atomic mass is 15.2. The van der Waals surface area contributed by atoms with Gasteiger partial charge in [-0.05, 0) is 81.7 Å². The van der Waals surface area contributed by atoms with Crippen LogP contribution >= 0.6 is 0 Å². The maximum atomic E-state index is 2.80. The van der Waals surface area contributed by atoms with E-state index in [1.54, 1.807) is 0 Å². The van der Waals surface area contributed by atoms with Crippen molar-refractivity contribution in [2.24, 2.45) is 5.92 Å². The molecule has 0 radical (unpaired) electrons. The Morgan fingerprint density at radius 2 is 1.26 bits per heavy atom. The van der Waals surface area contributed by atoms with Crippen LogP contribution in [0.4, 0.5) is 0 Å². The van der Waals surface area contributed by atoms with Crippen LogP contribution in [0.5, 0.6) is 0 Å². The molecule has 2 aromatic carbocycles. The van der Waals surface area contributed by atoms with E-state index < -0.39 is 0 Å². The second-order valence-electron chi connectivity index (χ2n) is 8.48. The average molecular weight is 363 g/mol. The zero-order valence-electron chi connectivity index (χ0n) is 16.6. The van der Waals surface area contributed by atoms with Crippen molar-refractivity contribution in [3.63, 3.8) is 0 Å². The minimum Gasteiger partial charge on any atom is -0.303 e. The zero-order chi connectivity index (χ0) is 18.3. The molecule has 0 saturated carbocycles. The lowest BCUT2D eigenvalue weighted by Gasteiger charge is -2.42. The molecule has 2 aromatic rings. The fourth-order valence-corrected chi connectivity index (χ4v) is 4.91. The van der Waals surface area contributed by atoms with Crippen molar-refractivity contribution in [1.82, 2.24) is 9.80 Å².